The van der Waals surface area contributed by atoms with Crippen molar-refractivity contribution in [2.24, 2.45) is 0 Å². The van der Waals surface area contributed by atoms with E-state index in [1.54, 1.807) is 0 Å². The zero-order valence-corrected chi connectivity index (χ0v) is 17.3. The molecule has 0 aromatic rings. The van der Waals surface area contributed by atoms with Crippen molar-refractivity contribution in [2.75, 3.05) is 0 Å². The van der Waals surface area contributed by atoms with Gasteiger partial charge in [0.2, 0.25) is 0 Å². The summed E-state index contributed by atoms with van der Waals surface area (Å²) in [6, 6.07) is 0. The average molecular weight is 381 g/mol. The van der Waals surface area contributed by atoms with Crippen LogP contribution in [-0.2, 0) is 41.1 Å². The minimum absolute atomic E-state index is 0. The van der Waals surface area contributed by atoms with E-state index in [1.807, 2.05) is 0 Å². The van der Waals surface area contributed by atoms with Gasteiger partial charge in [-0.3, -0.25) is 4.79 Å². The van der Waals surface area contributed by atoms with Crippen molar-refractivity contribution in [1.82, 2.24) is 0 Å². The summed E-state index contributed by atoms with van der Waals surface area (Å²) >= 11 is 0. The maximum Gasteiger partial charge on any atom is 0.303 e. The van der Waals surface area contributed by atoms with Crippen LogP contribution in [0.4, 0.5) is 0 Å². The molecule has 0 aromatic carbocycles. The topological polar surface area (TPSA) is 37.3 Å². The Kier molecular flexibility index (Phi) is 28.0. The van der Waals surface area contributed by atoms with Crippen LogP contribution in [-0.4, -0.2) is 11.1 Å². The minimum Gasteiger partial charge on any atom is -0.481 e. The van der Waals surface area contributed by atoms with Crippen molar-refractivity contribution in [3.05, 3.63) is 0 Å². The molecule has 119 valence electrons. The number of carboxylic acids is 1. The molecule has 0 saturated heterocycles. The molecular weight excluding hydrogens is 348 g/mol. The Hall–Kier alpha value is 0.600. The van der Waals surface area contributed by atoms with E-state index in [0.29, 0.717) is 6.42 Å². The van der Waals surface area contributed by atoms with E-state index in [-0.39, 0.29) is 36.3 Å². The van der Waals surface area contributed by atoms with E-state index in [0.717, 1.165) is 12.8 Å². The Bertz CT molecular complexity index is 189. The first-order chi connectivity index (χ1) is 8.77. The van der Waals surface area contributed by atoms with E-state index in [9.17, 15) is 4.79 Å². The zero-order chi connectivity index (χ0) is 13.5. The Morgan fingerprint density at radius 3 is 1.30 bits per heavy atom. The van der Waals surface area contributed by atoms with Crippen LogP contribution in [0, 0.1) is 0 Å². The smallest absolute Gasteiger partial charge is 0.303 e. The maximum atomic E-state index is 10.3. The monoisotopic (exact) mass is 379 g/mol. The van der Waals surface area contributed by atoms with Gasteiger partial charge in [-0.05, 0) is 6.42 Å². The van der Waals surface area contributed by atoms with Crippen LogP contribution < -0.4 is 0 Å². The Morgan fingerprint density at radius 1 is 0.700 bits per heavy atom. The van der Waals surface area contributed by atoms with Gasteiger partial charge in [0.05, 0.1) is 0 Å². The Morgan fingerprint density at radius 2 is 1.00 bits per heavy atom. The standard InChI is InChI=1S/C16H32O2.Co.Zn/c1-2-3-4-5-6-7-8-9-10-11-12-13-14-15-16(17)18;;/h2-15H2,1H3,(H,17,18);;. The molecule has 2 nitrogen and oxygen atoms in total. The SMILES string of the molecule is CCCCCCCCCCCCCCCC(=O)O.[Co].[Zn]. The van der Waals surface area contributed by atoms with Crippen LogP contribution in [0.15, 0.2) is 0 Å². The molecule has 0 atom stereocenters. The molecule has 0 unspecified atom stereocenters. The number of unbranched alkanes of at least 4 members (excludes halogenated alkanes) is 12. The molecular formula is C16H32CoO2Zn. The summed E-state index contributed by atoms with van der Waals surface area (Å²) in [4.78, 5) is 10.3. The molecule has 0 amide bonds. The second-order valence-electron chi connectivity index (χ2n) is 5.39. The fourth-order valence-electron chi connectivity index (χ4n) is 2.29. The predicted molar refractivity (Wildman–Crippen MR) is 77.9 cm³/mol. The van der Waals surface area contributed by atoms with E-state index in [1.165, 1.54) is 70.6 Å². The first-order valence-electron chi connectivity index (χ1n) is 7.99. The second-order valence-corrected chi connectivity index (χ2v) is 5.39. The molecule has 0 aromatic heterocycles. The van der Waals surface area contributed by atoms with E-state index in [4.69, 9.17) is 5.11 Å². The summed E-state index contributed by atoms with van der Waals surface area (Å²) in [5, 5.41) is 8.49. The zero-order valence-electron chi connectivity index (χ0n) is 13.3. The first kappa shape index (κ1) is 25.5. The number of rotatable bonds is 14. The molecule has 0 spiro atoms. The number of carbonyl (C=O) groups is 1. The van der Waals surface area contributed by atoms with Crippen molar-refractivity contribution < 1.29 is 46.2 Å². The van der Waals surface area contributed by atoms with Gasteiger partial charge in [0.15, 0.2) is 0 Å². The number of carboxylic acid groups (broad SMARTS) is 1. The van der Waals surface area contributed by atoms with E-state index >= 15 is 0 Å². The third-order valence-electron chi connectivity index (χ3n) is 3.49. The largest absolute Gasteiger partial charge is 0.481 e. The van der Waals surface area contributed by atoms with Crippen LogP contribution in [0.5, 0.6) is 0 Å². The number of hydrogen-bond donors (Lipinski definition) is 1. The molecule has 1 N–H and O–H groups in total. The molecule has 1 radical (unpaired) electrons. The van der Waals surface area contributed by atoms with Crippen LogP contribution in [0.3, 0.4) is 0 Å². The van der Waals surface area contributed by atoms with E-state index in [2.05, 4.69) is 6.92 Å². The summed E-state index contributed by atoms with van der Waals surface area (Å²) in [6.07, 6.45) is 17.3. The molecule has 0 rings (SSSR count). The first-order valence-corrected chi connectivity index (χ1v) is 7.99. The summed E-state index contributed by atoms with van der Waals surface area (Å²) in [6.45, 7) is 2.26. The van der Waals surface area contributed by atoms with Crippen molar-refractivity contribution in [2.45, 2.75) is 96.8 Å². The normalized spacial score (nSPS) is 9.65. The van der Waals surface area contributed by atoms with Gasteiger partial charge in [-0.25, -0.2) is 0 Å². The molecule has 0 saturated carbocycles. The van der Waals surface area contributed by atoms with Gasteiger partial charge in [0.1, 0.15) is 0 Å². The second kappa shape index (κ2) is 21.9. The number of aliphatic carboxylic acids is 1. The predicted octanol–water partition coefficient (Wildman–Crippen LogP) is 5.55. The summed E-state index contributed by atoms with van der Waals surface area (Å²) < 4.78 is 0. The van der Waals surface area contributed by atoms with Gasteiger partial charge in [-0.15, -0.1) is 0 Å². The van der Waals surface area contributed by atoms with Gasteiger partial charge < -0.3 is 5.11 Å². The van der Waals surface area contributed by atoms with Crippen molar-refractivity contribution in [3.63, 3.8) is 0 Å². The molecule has 0 aliphatic carbocycles. The van der Waals surface area contributed by atoms with Crippen LogP contribution in [0.1, 0.15) is 96.8 Å². The number of hydrogen-bond acceptors (Lipinski definition) is 1. The van der Waals surface area contributed by atoms with Gasteiger partial charge in [-0.1, -0.05) is 84.0 Å². The fourth-order valence-corrected chi connectivity index (χ4v) is 2.29. The molecule has 0 fully saturated rings. The van der Waals surface area contributed by atoms with Crippen molar-refractivity contribution in [1.29, 1.82) is 0 Å². The Labute approximate surface area is 148 Å². The Balaban J connectivity index is -0.00000144. The van der Waals surface area contributed by atoms with Crippen molar-refractivity contribution >= 4 is 5.97 Å². The van der Waals surface area contributed by atoms with Gasteiger partial charge in [0, 0.05) is 42.7 Å². The quantitative estimate of drug-likeness (QED) is 0.317. The molecule has 0 heterocycles. The summed E-state index contributed by atoms with van der Waals surface area (Å²) in [5.41, 5.74) is 0. The fraction of sp³-hybridized carbons (Fsp3) is 0.938. The van der Waals surface area contributed by atoms with Crippen LogP contribution in [0.2, 0.25) is 0 Å². The molecule has 4 heteroatoms. The van der Waals surface area contributed by atoms with Gasteiger partial charge >= 0.3 is 5.97 Å². The molecule has 0 bridgehead atoms. The van der Waals surface area contributed by atoms with Crippen LogP contribution in [0.25, 0.3) is 0 Å². The summed E-state index contributed by atoms with van der Waals surface area (Å²) in [7, 11) is 0. The van der Waals surface area contributed by atoms with Crippen LogP contribution >= 0.6 is 0 Å². The summed E-state index contributed by atoms with van der Waals surface area (Å²) in [5.74, 6) is -0.655. The molecule has 20 heavy (non-hydrogen) atoms. The van der Waals surface area contributed by atoms with E-state index < -0.39 is 5.97 Å². The third kappa shape index (κ3) is 23.7. The molecule has 0 aliphatic rings. The average Bonchev–Trinajstić information content (AvgIpc) is 2.34. The van der Waals surface area contributed by atoms with Crippen molar-refractivity contribution in [3.8, 4) is 0 Å². The third-order valence-corrected chi connectivity index (χ3v) is 3.49. The molecule has 0 aliphatic heterocycles. The maximum absolute atomic E-state index is 10.3. The minimum atomic E-state index is -0.655. The van der Waals surface area contributed by atoms with Gasteiger partial charge in [0.25, 0.3) is 0 Å². The van der Waals surface area contributed by atoms with Gasteiger partial charge in [-0.2, -0.15) is 0 Å².